The summed E-state index contributed by atoms with van der Waals surface area (Å²) in [6.45, 7) is 0.992. The fourth-order valence-corrected chi connectivity index (χ4v) is 3.77. The molecule has 1 aliphatic heterocycles. The lowest BCUT2D eigenvalue weighted by molar-refractivity contribution is -0.113. The predicted molar refractivity (Wildman–Crippen MR) is 113 cm³/mol. The molecular weight excluding hydrogens is 421 g/mol. The predicted octanol–water partition coefficient (Wildman–Crippen LogP) is 3.43. The number of ether oxygens (including phenoxy) is 2. The number of amides is 1. The first-order chi connectivity index (χ1) is 15.2. The molecule has 0 aliphatic carbocycles. The van der Waals surface area contributed by atoms with Crippen molar-refractivity contribution >= 4 is 29.0 Å². The van der Waals surface area contributed by atoms with Gasteiger partial charge >= 0.3 is 0 Å². The second-order valence-corrected chi connectivity index (χ2v) is 7.62. The van der Waals surface area contributed by atoms with Gasteiger partial charge in [0.15, 0.2) is 17.1 Å². The van der Waals surface area contributed by atoms with E-state index in [4.69, 9.17) is 9.47 Å². The highest BCUT2D eigenvalue weighted by Gasteiger charge is 2.15. The molecule has 1 amide bonds. The Morgan fingerprint density at radius 2 is 1.84 bits per heavy atom. The molecule has 156 valence electrons. The maximum atomic E-state index is 13.2. The van der Waals surface area contributed by atoms with Crippen molar-refractivity contribution in [3.05, 3.63) is 60.4 Å². The molecule has 8 nitrogen and oxygen atoms in total. The normalized spacial score (nSPS) is 12.7. The maximum absolute atomic E-state index is 13.2. The van der Waals surface area contributed by atoms with Crippen molar-refractivity contribution in [1.82, 2.24) is 19.8 Å². The Morgan fingerprint density at radius 1 is 1.03 bits per heavy atom. The molecule has 0 unspecified atom stereocenters. The first-order valence-corrected chi connectivity index (χ1v) is 10.4. The zero-order chi connectivity index (χ0) is 21.2. The summed E-state index contributed by atoms with van der Waals surface area (Å²) in [5, 5.41) is 16.1. The van der Waals surface area contributed by atoms with E-state index in [0.29, 0.717) is 46.9 Å². The van der Waals surface area contributed by atoms with E-state index in [0.717, 1.165) is 5.56 Å². The van der Waals surface area contributed by atoms with Crippen LogP contribution in [0, 0.1) is 5.82 Å². The SMILES string of the molecule is O=C(CSc1nnc2ccc(-c3ccc(F)cc3)nn12)Nc1ccc2c(c1)OCCO2. The van der Waals surface area contributed by atoms with Crippen molar-refractivity contribution in [1.29, 1.82) is 0 Å². The summed E-state index contributed by atoms with van der Waals surface area (Å²) in [4.78, 5) is 12.4. The van der Waals surface area contributed by atoms with Crippen LogP contribution in [0.25, 0.3) is 16.9 Å². The Hall–Kier alpha value is -3.66. The third kappa shape index (κ3) is 4.15. The minimum absolute atomic E-state index is 0.123. The Morgan fingerprint density at radius 3 is 2.68 bits per heavy atom. The minimum Gasteiger partial charge on any atom is -0.486 e. The largest absolute Gasteiger partial charge is 0.486 e. The van der Waals surface area contributed by atoms with E-state index in [1.807, 2.05) is 0 Å². The van der Waals surface area contributed by atoms with Crippen molar-refractivity contribution in [3.8, 4) is 22.8 Å². The van der Waals surface area contributed by atoms with Crippen LogP contribution in [-0.4, -0.2) is 44.7 Å². The fraction of sp³-hybridized carbons (Fsp3) is 0.143. The lowest BCUT2D eigenvalue weighted by Gasteiger charge is -2.18. The molecule has 2 aromatic heterocycles. The van der Waals surface area contributed by atoms with Crippen LogP contribution in [0.1, 0.15) is 0 Å². The molecule has 10 heteroatoms. The van der Waals surface area contributed by atoms with Gasteiger partial charge in [-0.15, -0.1) is 10.2 Å². The molecule has 0 bridgehead atoms. The van der Waals surface area contributed by atoms with Crippen molar-refractivity contribution in [2.45, 2.75) is 5.16 Å². The topological polar surface area (TPSA) is 90.6 Å². The highest BCUT2D eigenvalue weighted by atomic mass is 32.2. The Bertz CT molecular complexity index is 1260. The van der Waals surface area contributed by atoms with E-state index in [2.05, 4.69) is 20.6 Å². The number of nitrogens with zero attached hydrogens (tertiary/aromatic N) is 4. The van der Waals surface area contributed by atoms with Crippen molar-refractivity contribution in [3.63, 3.8) is 0 Å². The van der Waals surface area contributed by atoms with Gasteiger partial charge in [-0.1, -0.05) is 11.8 Å². The summed E-state index contributed by atoms with van der Waals surface area (Å²) in [6.07, 6.45) is 0. The molecule has 2 aromatic carbocycles. The molecule has 31 heavy (non-hydrogen) atoms. The number of carbonyl (C=O) groups is 1. The van der Waals surface area contributed by atoms with Gasteiger partial charge in [-0.25, -0.2) is 4.39 Å². The van der Waals surface area contributed by atoms with Gasteiger partial charge in [0, 0.05) is 17.3 Å². The molecule has 0 saturated carbocycles. The average Bonchev–Trinajstić information content (AvgIpc) is 3.20. The van der Waals surface area contributed by atoms with Gasteiger partial charge in [0.1, 0.15) is 19.0 Å². The Kier molecular flexibility index (Phi) is 5.13. The smallest absolute Gasteiger partial charge is 0.234 e. The van der Waals surface area contributed by atoms with Crippen LogP contribution in [-0.2, 0) is 4.79 Å². The number of thioether (sulfide) groups is 1. The molecule has 1 N–H and O–H groups in total. The number of hydrogen-bond donors (Lipinski definition) is 1. The number of rotatable bonds is 5. The van der Waals surface area contributed by atoms with Crippen LogP contribution in [0.5, 0.6) is 11.5 Å². The molecule has 4 aromatic rings. The van der Waals surface area contributed by atoms with Gasteiger partial charge in [0.2, 0.25) is 11.1 Å². The van der Waals surface area contributed by atoms with Crippen LogP contribution in [0.3, 0.4) is 0 Å². The van der Waals surface area contributed by atoms with Gasteiger partial charge in [-0.05, 0) is 48.5 Å². The van der Waals surface area contributed by atoms with Crippen molar-refractivity contribution in [2.24, 2.45) is 0 Å². The van der Waals surface area contributed by atoms with E-state index in [1.165, 1.54) is 23.9 Å². The maximum Gasteiger partial charge on any atom is 0.234 e. The number of nitrogens with one attached hydrogen (secondary N) is 1. The molecular formula is C21H16FN5O3S. The Labute approximate surface area is 180 Å². The van der Waals surface area contributed by atoms with Gasteiger partial charge in [0.05, 0.1) is 11.4 Å². The number of fused-ring (bicyclic) bond motifs is 2. The van der Waals surface area contributed by atoms with Gasteiger partial charge < -0.3 is 14.8 Å². The molecule has 0 atom stereocenters. The highest BCUT2D eigenvalue weighted by Crippen LogP contribution is 2.32. The highest BCUT2D eigenvalue weighted by molar-refractivity contribution is 7.99. The lowest BCUT2D eigenvalue weighted by Crippen LogP contribution is -2.17. The molecule has 0 saturated heterocycles. The van der Waals surface area contributed by atoms with Crippen molar-refractivity contribution < 1.29 is 18.7 Å². The summed E-state index contributed by atoms with van der Waals surface area (Å²) < 4.78 is 25.8. The monoisotopic (exact) mass is 437 g/mol. The number of carbonyl (C=O) groups excluding carboxylic acids is 1. The first-order valence-electron chi connectivity index (χ1n) is 9.46. The number of hydrogen-bond acceptors (Lipinski definition) is 7. The Balaban J connectivity index is 1.28. The molecule has 1 aliphatic rings. The first kappa shape index (κ1) is 19.3. The standard InChI is InChI=1S/C21H16FN5O3S/c22-14-3-1-13(2-4-14)16-6-8-19-24-25-21(27(19)26-16)31-12-20(28)23-15-5-7-17-18(11-15)30-10-9-29-17/h1-8,11H,9-10,12H2,(H,23,28). The zero-order valence-corrected chi connectivity index (χ0v) is 16.9. The van der Waals surface area contributed by atoms with E-state index < -0.39 is 0 Å². The van der Waals surface area contributed by atoms with E-state index in [1.54, 1.807) is 47.0 Å². The minimum atomic E-state index is -0.311. The summed E-state index contributed by atoms with van der Waals surface area (Å²) in [5.41, 5.74) is 2.59. The van der Waals surface area contributed by atoms with Crippen molar-refractivity contribution in [2.75, 3.05) is 24.3 Å². The summed E-state index contributed by atoms with van der Waals surface area (Å²) in [7, 11) is 0. The number of benzene rings is 2. The van der Waals surface area contributed by atoms with E-state index >= 15 is 0 Å². The summed E-state index contributed by atoms with van der Waals surface area (Å²) >= 11 is 1.22. The number of anilines is 1. The van der Waals surface area contributed by atoms with Crippen LogP contribution < -0.4 is 14.8 Å². The third-order valence-corrected chi connectivity index (χ3v) is 5.45. The second-order valence-electron chi connectivity index (χ2n) is 6.67. The van der Waals surface area contributed by atoms with E-state index in [-0.39, 0.29) is 17.5 Å². The summed E-state index contributed by atoms with van der Waals surface area (Å²) in [5.74, 6) is 0.884. The zero-order valence-electron chi connectivity index (χ0n) is 16.1. The van der Waals surface area contributed by atoms with E-state index in [9.17, 15) is 9.18 Å². The fourth-order valence-electron chi connectivity index (χ4n) is 3.08. The molecule has 0 fully saturated rings. The second kappa shape index (κ2) is 8.23. The van der Waals surface area contributed by atoms with Crippen LogP contribution >= 0.6 is 11.8 Å². The van der Waals surface area contributed by atoms with Gasteiger partial charge in [-0.3, -0.25) is 4.79 Å². The molecule has 0 radical (unpaired) electrons. The quantitative estimate of drug-likeness (QED) is 0.479. The van der Waals surface area contributed by atoms with Crippen LogP contribution in [0.4, 0.5) is 10.1 Å². The summed E-state index contributed by atoms with van der Waals surface area (Å²) in [6, 6.07) is 14.9. The average molecular weight is 437 g/mol. The van der Waals surface area contributed by atoms with Crippen LogP contribution in [0.2, 0.25) is 0 Å². The molecule has 0 spiro atoms. The number of halogens is 1. The van der Waals surface area contributed by atoms with Gasteiger partial charge in [-0.2, -0.15) is 9.61 Å². The molecule has 5 rings (SSSR count). The van der Waals surface area contributed by atoms with Crippen LogP contribution in [0.15, 0.2) is 59.8 Å². The lowest BCUT2D eigenvalue weighted by atomic mass is 10.1. The number of aromatic nitrogens is 4. The molecule has 3 heterocycles. The third-order valence-electron chi connectivity index (χ3n) is 4.53. The van der Waals surface area contributed by atoms with Gasteiger partial charge in [0.25, 0.3) is 0 Å².